The van der Waals surface area contributed by atoms with Crippen molar-refractivity contribution in [1.29, 1.82) is 0 Å². The summed E-state index contributed by atoms with van der Waals surface area (Å²) in [5.41, 5.74) is 2.08. The number of anilines is 2. The molecule has 0 aromatic carbocycles. The Bertz CT molecular complexity index is 1290. The van der Waals surface area contributed by atoms with Gasteiger partial charge in [0.15, 0.2) is 11.5 Å². The number of ether oxygens (including phenoxy) is 2. The molecular weight excluding hydrogens is 517 g/mol. The fourth-order valence-corrected chi connectivity index (χ4v) is 6.46. The van der Waals surface area contributed by atoms with Gasteiger partial charge in [-0.25, -0.2) is 14.2 Å². The molecule has 0 bridgehead atoms. The maximum absolute atomic E-state index is 13.1. The van der Waals surface area contributed by atoms with E-state index in [0.29, 0.717) is 38.0 Å². The van der Waals surface area contributed by atoms with Crippen molar-refractivity contribution in [1.82, 2.24) is 24.4 Å². The van der Waals surface area contributed by atoms with Gasteiger partial charge in [-0.05, 0) is 31.6 Å². The van der Waals surface area contributed by atoms with Crippen molar-refractivity contribution in [2.45, 2.75) is 70.1 Å². The third-order valence-electron chi connectivity index (χ3n) is 8.65. The number of nitrogens with one attached hydrogen (secondary N) is 2. The average Bonchev–Trinajstić information content (AvgIpc) is 3.52. The number of carbonyl (C=O) groups excluding carboxylic acids is 2. The minimum Gasteiger partial charge on any atom is -0.444 e. The fourth-order valence-electron chi connectivity index (χ4n) is 6.46. The second-order valence-corrected chi connectivity index (χ2v) is 12.1. The Kier molecular flexibility index (Phi) is 7.05. The highest BCUT2D eigenvalue weighted by Gasteiger charge is 2.54. The number of rotatable bonds is 7. The van der Waals surface area contributed by atoms with Crippen LogP contribution in [0, 0.1) is 5.41 Å². The number of amides is 2. The van der Waals surface area contributed by atoms with Crippen LogP contribution < -0.4 is 10.6 Å². The molecule has 4 fully saturated rings. The highest BCUT2D eigenvalue weighted by Crippen LogP contribution is 2.49. The summed E-state index contributed by atoms with van der Waals surface area (Å²) in [6.45, 7) is 10.8. The lowest BCUT2D eigenvalue weighted by Crippen LogP contribution is -2.66. The Morgan fingerprint density at radius 1 is 1.15 bits per heavy atom. The first kappa shape index (κ1) is 26.8. The van der Waals surface area contributed by atoms with Crippen LogP contribution in [0.25, 0.3) is 5.65 Å². The monoisotopic (exact) mass is 555 g/mol. The van der Waals surface area contributed by atoms with E-state index in [1.54, 1.807) is 4.90 Å². The summed E-state index contributed by atoms with van der Waals surface area (Å²) in [6.07, 6.45) is 5.46. The second kappa shape index (κ2) is 10.5. The molecule has 1 spiro atoms. The zero-order valence-corrected chi connectivity index (χ0v) is 23.2. The van der Waals surface area contributed by atoms with E-state index >= 15 is 0 Å². The molecule has 2 aromatic rings. The molecule has 40 heavy (non-hydrogen) atoms. The van der Waals surface area contributed by atoms with Gasteiger partial charge in [0.2, 0.25) is 0 Å². The minimum atomic E-state index is -0.989. The van der Waals surface area contributed by atoms with Crippen LogP contribution in [0.2, 0.25) is 0 Å². The highest BCUT2D eigenvalue weighted by atomic mass is 19.1. The number of likely N-dealkylation sites (tertiary alicyclic amines) is 2. The Labute approximate surface area is 233 Å². The first-order valence-corrected chi connectivity index (χ1v) is 14.3. The third kappa shape index (κ3) is 5.21. The first-order valence-electron chi connectivity index (χ1n) is 14.3. The van der Waals surface area contributed by atoms with Gasteiger partial charge in [-0.3, -0.25) is 4.79 Å². The number of hydrogen-bond donors (Lipinski definition) is 2. The van der Waals surface area contributed by atoms with Crippen LogP contribution in [0.1, 0.15) is 57.4 Å². The average molecular weight is 556 g/mol. The van der Waals surface area contributed by atoms with E-state index in [2.05, 4.69) is 36.2 Å². The van der Waals surface area contributed by atoms with Crippen molar-refractivity contribution in [2.75, 3.05) is 50.0 Å². The predicted octanol–water partition coefficient (Wildman–Crippen LogP) is 3.54. The molecule has 0 radical (unpaired) electrons. The zero-order valence-electron chi connectivity index (χ0n) is 23.2. The number of hydrogen-bond acceptors (Lipinski definition) is 8. The lowest BCUT2D eigenvalue weighted by Gasteiger charge is -2.58. The highest BCUT2D eigenvalue weighted by molar-refractivity contribution is 5.90. The Balaban J connectivity index is 1.04. The summed E-state index contributed by atoms with van der Waals surface area (Å²) in [7, 11) is 0. The fraction of sp³-hybridized carbons (Fsp3) is 0.643. The summed E-state index contributed by atoms with van der Waals surface area (Å²) >= 11 is 0. The molecule has 4 aliphatic rings. The van der Waals surface area contributed by atoms with Crippen molar-refractivity contribution in [3.8, 4) is 0 Å². The molecule has 1 unspecified atom stereocenters. The zero-order chi connectivity index (χ0) is 28.0. The minimum absolute atomic E-state index is 0.100. The lowest BCUT2D eigenvalue weighted by molar-refractivity contribution is -0.128. The van der Waals surface area contributed by atoms with Crippen molar-refractivity contribution < 1.29 is 23.5 Å². The summed E-state index contributed by atoms with van der Waals surface area (Å²) in [5, 5.41) is 11.9. The summed E-state index contributed by atoms with van der Waals surface area (Å²) in [4.78, 5) is 32.4. The van der Waals surface area contributed by atoms with E-state index in [9.17, 15) is 14.0 Å². The van der Waals surface area contributed by atoms with Gasteiger partial charge in [-0.2, -0.15) is 9.61 Å². The number of aromatic nitrogens is 3. The van der Waals surface area contributed by atoms with Crippen LogP contribution in [0.15, 0.2) is 24.7 Å². The molecule has 3 saturated heterocycles. The van der Waals surface area contributed by atoms with E-state index in [-0.39, 0.29) is 24.1 Å². The van der Waals surface area contributed by atoms with Gasteiger partial charge in [-0.15, -0.1) is 0 Å². The van der Waals surface area contributed by atoms with Gasteiger partial charge in [-0.1, -0.05) is 20.4 Å². The van der Waals surface area contributed by atoms with Crippen LogP contribution in [0.4, 0.5) is 20.8 Å². The van der Waals surface area contributed by atoms with Gasteiger partial charge in [0.1, 0.15) is 17.7 Å². The van der Waals surface area contributed by atoms with E-state index in [0.717, 1.165) is 61.7 Å². The molecule has 1 atom stereocenters. The van der Waals surface area contributed by atoms with Crippen molar-refractivity contribution in [3.05, 3.63) is 30.2 Å². The second-order valence-electron chi connectivity index (χ2n) is 12.1. The molecule has 1 aliphatic carbocycles. The normalized spacial score (nSPS) is 22.9. The van der Waals surface area contributed by atoms with Crippen LogP contribution in [-0.4, -0.2) is 94.0 Å². The molecule has 12 heteroatoms. The maximum atomic E-state index is 13.1. The molecule has 6 rings (SSSR count). The molecule has 3 aliphatic heterocycles. The van der Waals surface area contributed by atoms with Crippen LogP contribution >= 0.6 is 0 Å². The molecule has 2 amide bonds. The topological polar surface area (TPSA) is 113 Å². The maximum Gasteiger partial charge on any atom is 0.410 e. The Hall–Kier alpha value is -3.41. The Morgan fingerprint density at radius 3 is 2.60 bits per heavy atom. The van der Waals surface area contributed by atoms with Gasteiger partial charge < -0.3 is 29.9 Å². The number of fused-ring (bicyclic) bond motifs is 1. The lowest BCUT2D eigenvalue weighted by atomic mass is 9.61. The van der Waals surface area contributed by atoms with E-state index < -0.39 is 17.8 Å². The van der Waals surface area contributed by atoms with Crippen molar-refractivity contribution >= 4 is 29.3 Å². The van der Waals surface area contributed by atoms with Crippen molar-refractivity contribution in [3.63, 3.8) is 0 Å². The molecule has 5 heterocycles. The van der Waals surface area contributed by atoms with Crippen LogP contribution in [0.5, 0.6) is 0 Å². The largest absolute Gasteiger partial charge is 0.444 e. The molecular formula is C28H38FN7O4. The predicted molar refractivity (Wildman–Crippen MR) is 147 cm³/mol. The number of carbonyl (C=O) groups is 2. The molecule has 1 saturated carbocycles. The van der Waals surface area contributed by atoms with Gasteiger partial charge in [0, 0.05) is 68.4 Å². The van der Waals surface area contributed by atoms with Crippen LogP contribution in [-0.2, 0) is 14.3 Å². The van der Waals surface area contributed by atoms with Crippen LogP contribution in [0.3, 0.4) is 0 Å². The molecule has 2 aromatic heterocycles. The summed E-state index contributed by atoms with van der Waals surface area (Å²) < 4.78 is 26.1. The first-order chi connectivity index (χ1) is 19.2. The molecule has 216 valence electrons. The number of halogens is 1. The smallest absolute Gasteiger partial charge is 0.410 e. The third-order valence-corrected chi connectivity index (χ3v) is 8.65. The number of nitrogens with zero attached hydrogens (tertiary/aromatic N) is 5. The molecule has 11 nitrogen and oxygen atoms in total. The van der Waals surface area contributed by atoms with Gasteiger partial charge >= 0.3 is 6.09 Å². The van der Waals surface area contributed by atoms with E-state index in [1.165, 1.54) is 4.90 Å². The molecule has 2 N–H and O–H groups in total. The standard InChI is InChI=1S/C28H38FN7O4/c1-17(2)22-13-30-36-24(10-23(33-25(22)36)31-19-5-8-39-9-6-19)32-20-11-28(12-20)15-35(16-28)27(38)40-21-4-7-34(14-21)26(37)18(3)29/h10,13,17,19-21,32H,3-9,11-12,14-16H2,1-2H3,(H,31,33). The quantitative estimate of drug-likeness (QED) is 0.499. The summed E-state index contributed by atoms with van der Waals surface area (Å²) in [5.74, 6) is 0.344. The van der Waals surface area contributed by atoms with E-state index in [4.69, 9.17) is 14.5 Å². The SMILES string of the molecule is C=C(F)C(=O)N1CCC(OC(=O)N2CC3(CC(Nc4cc(NC5CCOCC5)nc5c(C(C)C)cnn45)C3)C2)C1. The van der Waals surface area contributed by atoms with Crippen molar-refractivity contribution in [2.24, 2.45) is 5.41 Å². The van der Waals surface area contributed by atoms with Gasteiger partial charge in [0.25, 0.3) is 5.91 Å². The van der Waals surface area contributed by atoms with Gasteiger partial charge in [0.05, 0.1) is 12.7 Å². The van der Waals surface area contributed by atoms with E-state index in [1.807, 2.05) is 16.8 Å². The summed E-state index contributed by atoms with van der Waals surface area (Å²) in [6, 6.07) is 2.66. The Morgan fingerprint density at radius 2 is 1.90 bits per heavy atom.